The molecule has 5 nitrogen and oxygen atoms in total. The third kappa shape index (κ3) is 5.04. The molecule has 1 aromatic carbocycles. The summed E-state index contributed by atoms with van der Waals surface area (Å²) in [5.41, 5.74) is 12.6. The summed E-state index contributed by atoms with van der Waals surface area (Å²) in [4.78, 5) is 8.16. The second-order valence-electron chi connectivity index (χ2n) is 3.98. The second kappa shape index (κ2) is 8.36. The maximum absolute atomic E-state index is 5.69. The fourth-order valence-electron chi connectivity index (χ4n) is 1.58. The molecule has 0 saturated carbocycles. The molecule has 2 rings (SSSR count). The highest BCUT2D eigenvalue weighted by atomic mass is 127. The molecule has 1 heterocycles. The first kappa shape index (κ1) is 16.2. The number of halogens is 1. The molecule has 2 aromatic rings. The molecule has 0 spiro atoms. The molecule has 4 N–H and O–H groups in total. The standard InChI is InChI=1S/C14H16N4O.HI/c15-14(16)18-9-12-7-4-8-17-13(12)19-10-11-5-2-1-3-6-11;/h1-8H,9-10H2,(H4,15,16,18);1H. The Morgan fingerprint density at radius 2 is 1.85 bits per heavy atom. The zero-order valence-electron chi connectivity index (χ0n) is 10.9. The maximum Gasteiger partial charge on any atom is 0.218 e. The van der Waals surface area contributed by atoms with Crippen LogP contribution in [0.15, 0.2) is 53.7 Å². The van der Waals surface area contributed by atoms with Crippen LogP contribution < -0.4 is 16.2 Å². The van der Waals surface area contributed by atoms with Gasteiger partial charge in [0, 0.05) is 11.8 Å². The Morgan fingerprint density at radius 1 is 1.10 bits per heavy atom. The summed E-state index contributed by atoms with van der Waals surface area (Å²) >= 11 is 0. The number of aromatic nitrogens is 1. The summed E-state index contributed by atoms with van der Waals surface area (Å²) in [6.07, 6.45) is 1.68. The minimum Gasteiger partial charge on any atom is -0.473 e. The number of pyridine rings is 1. The van der Waals surface area contributed by atoms with Crippen molar-refractivity contribution < 1.29 is 4.74 Å². The predicted octanol–water partition coefficient (Wildman–Crippen LogP) is 2.05. The van der Waals surface area contributed by atoms with Gasteiger partial charge >= 0.3 is 0 Å². The smallest absolute Gasteiger partial charge is 0.218 e. The quantitative estimate of drug-likeness (QED) is 0.469. The van der Waals surface area contributed by atoms with Crippen LogP contribution in [0.25, 0.3) is 0 Å². The highest BCUT2D eigenvalue weighted by Gasteiger charge is 2.04. The molecule has 0 bridgehead atoms. The number of nitrogens with zero attached hydrogens (tertiary/aromatic N) is 2. The number of rotatable bonds is 5. The molecule has 0 unspecified atom stereocenters. The fourth-order valence-corrected chi connectivity index (χ4v) is 1.58. The molecule has 0 radical (unpaired) electrons. The van der Waals surface area contributed by atoms with E-state index >= 15 is 0 Å². The van der Waals surface area contributed by atoms with Crippen LogP contribution in [-0.2, 0) is 13.2 Å². The van der Waals surface area contributed by atoms with Gasteiger partial charge in [-0.05, 0) is 11.6 Å². The van der Waals surface area contributed by atoms with Crippen LogP contribution >= 0.6 is 24.0 Å². The molecule has 106 valence electrons. The Morgan fingerprint density at radius 3 is 2.55 bits per heavy atom. The van der Waals surface area contributed by atoms with Gasteiger partial charge in [-0.3, -0.25) is 0 Å². The zero-order valence-corrected chi connectivity index (χ0v) is 13.2. The summed E-state index contributed by atoms with van der Waals surface area (Å²) in [6.45, 7) is 0.826. The average molecular weight is 384 g/mol. The van der Waals surface area contributed by atoms with E-state index in [-0.39, 0.29) is 29.9 Å². The van der Waals surface area contributed by atoms with Gasteiger partial charge in [-0.25, -0.2) is 9.98 Å². The number of hydrogen-bond donors (Lipinski definition) is 2. The molecule has 0 aliphatic carbocycles. The second-order valence-corrected chi connectivity index (χ2v) is 3.98. The number of nitrogens with two attached hydrogens (primary N) is 2. The molecule has 0 aliphatic rings. The van der Waals surface area contributed by atoms with E-state index in [1.807, 2.05) is 42.5 Å². The highest BCUT2D eigenvalue weighted by Crippen LogP contribution is 2.16. The van der Waals surface area contributed by atoms with Crippen LogP contribution in [0.3, 0.4) is 0 Å². The van der Waals surface area contributed by atoms with Gasteiger partial charge in [-0.2, -0.15) is 0 Å². The third-order valence-corrected chi connectivity index (χ3v) is 2.50. The molecule has 6 heteroatoms. The van der Waals surface area contributed by atoms with Crippen LogP contribution in [0.1, 0.15) is 11.1 Å². The van der Waals surface area contributed by atoms with Gasteiger partial charge in [-0.15, -0.1) is 24.0 Å². The molecule has 0 saturated heterocycles. The minimum atomic E-state index is 0. The first-order valence-electron chi connectivity index (χ1n) is 5.91. The SMILES string of the molecule is I.NC(N)=NCc1cccnc1OCc1ccccc1. The lowest BCUT2D eigenvalue weighted by atomic mass is 10.2. The Bertz CT molecular complexity index is 556. The number of benzene rings is 1. The average Bonchev–Trinajstić information content (AvgIpc) is 2.45. The van der Waals surface area contributed by atoms with Crippen LogP contribution in [0.2, 0.25) is 0 Å². The van der Waals surface area contributed by atoms with Gasteiger partial charge in [0.25, 0.3) is 0 Å². The van der Waals surface area contributed by atoms with Crippen molar-refractivity contribution in [1.29, 1.82) is 0 Å². The zero-order chi connectivity index (χ0) is 13.5. The summed E-state index contributed by atoms with van der Waals surface area (Å²) < 4.78 is 5.69. The monoisotopic (exact) mass is 384 g/mol. The van der Waals surface area contributed by atoms with Gasteiger partial charge in [0.2, 0.25) is 5.88 Å². The van der Waals surface area contributed by atoms with E-state index < -0.39 is 0 Å². The maximum atomic E-state index is 5.69. The van der Waals surface area contributed by atoms with Crippen LogP contribution in [0.5, 0.6) is 5.88 Å². The largest absolute Gasteiger partial charge is 0.473 e. The topological polar surface area (TPSA) is 86.5 Å². The van der Waals surface area contributed by atoms with Crippen molar-refractivity contribution in [3.63, 3.8) is 0 Å². The Hall–Kier alpha value is -1.83. The summed E-state index contributed by atoms with van der Waals surface area (Å²) in [6, 6.07) is 13.6. The van der Waals surface area contributed by atoms with Gasteiger partial charge in [-0.1, -0.05) is 36.4 Å². The molecular weight excluding hydrogens is 367 g/mol. The minimum absolute atomic E-state index is 0. The van der Waals surface area contributed by atoms with Gasteiger partial charge in [0.05, 0.1) is 6.54 Å². The lowest BCUT2D eigenvalue weighted by Gasteiger charge is -2.08. The Labute approximate surface area is 135 Å². The van der Waals surface area contributed by atoms with Crippen molar-refractivity contribution >= 4 is 29.9 Å². The number of ether oxygens (including phenoxy) is 1. The molecule has 20 heavy (non-hydrogen) atoms. The summed E-state index contributed by atoms with van der Waals surface area (Å²) in [5, 5.41) is 0. The number of guanidine groups is 1. The predicted molar refractivity (Wildman–Crippen MR) is 89.9 cm³/mol. The molecule has 0 aliphatic heterocycles. The van der Waals surface area contributed by atoms with E-state index in [1.165, 1.54) is 0 Å². The third-order valence-electron chi connectivity index (χ3n) is 2.50. The summed E-state index contributed by atoms with van der Waals surface area (Å²) in [7, 11) is 0. The van der Waals surface area contributed by atoms with Gasteiger partial charge < -0.3 is 16.2 Å². The molecule has 0 amide bonds. The van der Waals surface area contributed by atoms with Crippen molar-refractivity contribution in [2.45, 2.75) is 13.2 Å². The van der Waals surface area contributed by atoms with E-state index in [4.69, 9.17) is 16.2 Å². The number of hydrogen-bond acceptors (Lipinski definition) is 3. The molecular formula is C14H17IN4O. The van der Waals surface area contributed by atoms with E-state index in [0.29, 0.717) is 19.0 Å². The summed E-state index contributed by atoms with van der Waals surface area (Å²) in [5.74, 6) is 0.606. The van der Waals surface area contributed by atoms with Crippen molar-refractivity contribution in [2.75, 3.05) is 0 Å². The van der Waals surface area contributed by atoms with E-state index in [1.54, 1.807) is 6.20 Å². The Kier molecular flexibility index (Phi) is 6.78. The van der Waals surface area contributed by atoms with E-state index in [2.05, 4.69) is 9.98 Å². The Balaban J connectivity index is 0.00000200. The van der Waals surface area contributed by atoms with Gasteiger partial charge in [0.15, 0.2) is 5.96 Å². The first-order valence-corrected chi connectivity index (χ1v) is 5.91. The lowest BCUT2D eigenvalue weighted by Crippen LogP contribution is -2.22. The van der Waals surface area contributed by atoms with E-state index in [0.717, 1.165) is 11.1 Å². The van der Waals surface area contributed by atoms with Crippen LogP contribution in [0, 0.1) is 0 Å². The van der Waals surface area contributed by atoms with Crippen molar-refractivity contribution in [2.24, 2.45) is 16.5 Å². The van der Waals surface area contributed by atoms with Crippen LogP contribution in [0.4, 0.5) is 0 Å². The lowest BCUT2D eigenvalue weighted by molar-refractivity contribution is 0.290. The van der Waals surface area contributed by atoms with Crippen molar-refractivity contribution in [1.82, 2.24) is 4.98 Å². The fraction of sp³-hybridized carbons (Fsp3) is 0.143. The van der Waals surface area contributed by atoms with Gasteiger partial charge in [0.1, 0.15) is 6.61 Å². The number of aliphatic imine (C=N–C) groups is 1. The molecule has 0 atom stereocenters. The van der Waals surface area contributed by atoms with Crippen molar-refractivity contribution in [3.05, 3.63) is 59.8 Å². The molecule has 0 fully saturated rings. The first-order chi connectivity index (χ1) is 9.25. The molecule has 1 aromatic heterocycles. The highest BCUT2D eigenvalue weighted by molar-refractivity contribution is 14.0. The normalized spacial score (nSPS) is 9.40. The van der Waals surface area contributed by atoms with Crippen molar-refractivity contribution in [3.8, 4) is 5.88 Å². The van der Waals surface area contributed by atoms with Crippen LogP contribution in [-0.4, -0.2) is 10.9 Å². The van der Waals surface area contributed by atoms with E-state index in [9.17, 15) is 0 Å².